The average Bonchev–Trinajstić information content (AvgIpc) is 2.56. The Morgan fingerprint density at radius 3 is 2.33 bits per heavy atom. The van der Waals surface area contributed by atoms with Gasteiger partial charge in [0.05, 0.1) is 0 Å². The Bertz CT molecular complexity index is 546. The minimum absolute atomic E-state index is 0.499. The lowest BCUT2D eigenvalue weighted by Gasteiger charge is -2.32. The predicted molar refractivity (Wildman–Crippen MR) is 98.1 cm³/mol. The average molecular weight is 331 g/mol. The van der Waals surface area contributed by atoms with Crippen LogP contribution in [0.15, 0.2) is 24.3 Å². The third-order valence-electron chi connectivity index (χ3n) is 4.49. The summed E-state index contributed by atoms with van der Waals surface area (Å²) in [6.45, 7) is 9.13. The summed E-state index contributed by atoms with van der Waals surface area (Å²) < 4.78 is 0. The molecule has 0 radical (unpaired) electrons. The van der Waals surface area contributed by atoms with Gasteiger partial charge in [-0.25, -0.2) is 0 Å². The van der Waals surface area contributed by atoms with Crippen molar-refractivity contribution in [1.29, 1.82) is 0 Å². The van der Waals surface area contributed by atoms with Crippen LogP contribution in [0.25, 0.3) is 0 Å². The van der Waals surface area contributed by atoms with Gasteiger partial charge >= 0.3 is 11.8 Å². The molecule has 0 unspecified atom stereocenters. The van der Waals surface area contributed by atoms with Crippen LogP contribution in [0.4, 0.5) is 11.4 Å². The molecule has 0 aromatic heterocycles. The van der Waals surface area contributed by atoms with Gasteiger partial charge in [0, 0.05) is 31.0 Å². The second-order valence-corrected chi connectivity index (χ2v) is 7.11. The Morgan fingerprint density at radius 2 is 1.75 bits per heavy atom. The van der Waals surface area contributed by atoms with Gasteiger partial charge in [0.1, 0.15) is 0 Å². The molecular formula is C19H29N3O2. The van der Waals surface area contributed by atoms with Gasteiger partial charge in [0.25, 0.3) is 0 Å². The van der Waals surface area contributed by atoms with E-state index in [-0.39, 0.29) is 0 Å². The van der Waals surface area contributed by atoms with Gasteiger partial charge in [-0.3, -0.25) is 9.59 Å². The van der Waals surface area contributed by atoms with Crippen LogP contribution in [-0.4, -0.2) is 31.4 Å². The van der Waals surface area contributed by atoms with Crippen molar-refractivity contribution >= 4 is 23.2 Å². The molecule has 1 fully saturated rings. The first-order valence-electron chi connectivity index (χ1n) is 8.90. The predicted octanol–water partition coefficient (Wildman–Crippen LogP) is 3.02. The lowest BCUT2D eigenvalue weighted by Crippen LogP contribution is -2.36. The van der Waals surface area contributed by atoms with E-state index in [2.05, 4.69) is 36.3 Å². The van der Waals surface area contributed by atoms with Crippen LogP contribution in [0.2, 0.25) is 0 Å². The molecule has 1 aromatic rings. The number of carbonyl (C=O) groups is 2. The normalized spacial score (nSPS) is 15.4. The van der Waals surface area contributed by atoms with E-state index in [0.29, 0.717) is 18.2 Å². The second-order valence-electron chi connectivity index (χ2n) is 7.11. The lowest BCUT2D eigenvalue weighted by atomic mass is 9.99. The number of nitrogens with zero attached hydrogens (tertiary/aromatic N) is 1. The topological polar surface area (TPSA) is 61.4 Å². The maximum Gasteiger partial charge on any atom is 0.313 e. The highest BCUT2D eigenvalue weighted by molar-refractivity contribution is 6.39. The van der Waals surface area contributed by atoms with Crippen LogP contribution in [0, 0.1) is 11.8 Å². The van der Waals surface area contributed by atoms with Gasteiger partial charge in [-0.15, -0.1) is 0 Å². The molecule has 2 amide bonds. The third kappa shape index (κ3) is 5.55. The van der Waals surface area contributed by atoms with Crippen molar-refractivity contribution < 1.29 is 9.59 Å². The minimum Gasteiger partial charge on any atom is -0.372 e. The molecule has 0 spiro atoms. The number of rotatable bonds is 5. The molecule has 1 aliphatic heterocycles. The zero-order valence-corrected chi connectivity index (χ0v) is 15.0. The SMILES string of the molecule is CC(C)CCNC(=O)C(=O)Nc1ccc(N2CCC(C)CC2)cc1. The summed E-state index contributed by atoms with van der Waals surface area (Å²) in [6.07, 6.45) is 3.30. The summed E-state index contributed by atoms with van der Waals surface area (Å²) in [6, 6.07) is 7.71. The molecule has 1 saturated heterocycles. The molecule has 1 heterocycles. The van der Waals surface area contributed by atoms with Crippen LogP contribution in [0.5, 0.6) is 0 Å². The summed E-state index contributed by atoms with van der Waals surface area (Å²) >= 11 is 0. The molecule has 2 rings (SSSR count). The number of piperidine rings is 1. The number of hydrogen-bond acceptors (Lipinski definition) is 3. The molecule has 1 aromatic carbocycles. The monoisotopic (exact) mass is 331 g/mol. The zero-order chi connectivity index (χ0) is 17.5. The van der Waals surface area contributed by atoms with Crippen molar-refractivity contribution in [2.45, 2.75) is 40.0 Å². The maximum absolute atomic E-state index is 11.9. The molecule has 0 aliphatic carbocycles. The van der Waals surface area contributed by atoms with E-state index >= 15 is 0 Å². The van der Waals surface area contributed by atoms with E-state index in [9.17, 15) is 9.59 Å². The fourth-order valence-electron chi connectivity index (χ4n) is 2.76. The van der Waals surface area contributed by atoms with Crippen LogP contribution < -0.4 is 15.5 Å². The quantitative estimate of drug-likeness (QED) is 0.815. The standard InChI is InChI=1S/C19H29N3O2/c1-14(2)8-11-20-18(23)19(24)21-16-4-6-17(7-5-16)22-12-9-15(3)10-13-22/h4-7,14-15H,8-13H2,1-3H3,(H,20,23)(H,21,24). The van der Waals surface area contributed by atoms with Crippen LogP contribution in [0.3, 0.4) is 0 Å². The number of nitrogens with one attached hydrogen (secondary N) is 2. The molecule has 1 aliphatic rings. The van der Waals surface area contributed by atoms with Crippen LogP contribution in [-0.2, 0) is 9.59 Å². The van der Waals surface area contributed by atoms with Crippen molar-refractivity contribution in [1.82, 2.24) is 5.32 Å². The molecular weight excluding hydrogens is 302 g/mol. The molecule has 0 bridgehead atoms. The van der Waals surface area contributed by atoms with Gasteiger partial charge in [-0.05, 0) is 55.4 Å². The second kappa shape index (κ2) is 8.71. The van der Waals surface area contributed by atoms with Crippen molar-refractivity contribution in [3.63, 3.8) is 0 Å². The lowest BCUT2D eigenvalue weighted by molar-refractivity contribution is -0.136. The highest BCUT2D eigenvalue weighted by atomic mass is 16.2. The first-order chi connectivity index (χ1) is 11.5. The highest BCUT2D eigenvalue weighted by Crippen LogP contribution is 2.24. The molecule has 5 nitrogen and oxygen atoms in total. The van der Waals surface area contributed by atoms with E-state index in [1.807, 2.05) is 24.3 Å². The Labute approximate surface area is 144 Å². The molecule has 24 heavy (non-hydrogen) atoms. The Hall–Kier alpha value is -2.04. The van der Waals surface area contributed by atoms with Crippen molar-refractivity contribution in [2.24, 2.45) is 11.8 Å². The zero-order valence-electron chi connectivity index (χ0n) is 15.0. The fourth-order valence-corrected chi connectivity index (χ4v) is 2.76. The molecule has 132 valence electrons. The minimum atomic E-state index is -0.613. The number of carbonyl (C=O) groups excluding carboxylic acids is 2. The van der Waals surface area contributed by atoms with E-state index < -0.39 is 11.8 Å². The van der Waals surface area contributed by atoms with E-state index in [0.717, 1.165) is 25.4 Å². The van der Waals surface area contributed by atoms with E-state index in [4.69, 9.17) is 0 Å². The highest BCUT2D eigenvalue weighted by Gasteiger charge is 2.17. The van der Waals surface area contributed by atoms with Crippen molar-refractivity contribution in [2.75, 3.05) is 29.9 Å². The summed E-state index contributed by atoms with van der Waals surface area (Å²) in [4.78, 5) is 26.0. The maximum atomic E-state index is 11.9. The fraction of sp³-hybridized carbons (Fsp3) is 0.579. The number of anilines is 2. The molecule has 0 atom stereocenters. The van der Waals surface area contributed by atoms with Gasteiger partial charge in [0.15, 0.2) is 0 Å². The number of hydrogen-bond donors (Lipinski definition) is 2. The first-order valence-corrected chi connectivity index (χ1v) is 8.90. The van der Waals surface area contributed by atoms with Crippen molar-refractivity contribution in [3.05, 3.63) is 24.3 Å². The Balaban J connectivity index is 1.82. The number of benzene rings is 1. The molecule has 5 heteroatoms. The third-order valence-corrected chi connectivity index (χ3v) is 4.49. The first kappa shape index (κ1) is 18.3. The molecule has 2 N–H and O–H groups in total. The van der Waals surface area contributed by atoms with E-state index in [1.54, 1.807) is 0 Å². The summed E-state index contributed by atoms with van der Waals surface area (Å²) in [7, 11) is 0. The number of amides is 2. The summed E-state index contributed by atoms with van der Waals surface area (Å²) in [5.41, 5.74) is 1.81. The Morgan fingerprint density at radius 1 is 1.12 bits per heavy atom. The van der Waals surface area contributed by atoms with Crippen LogP contribution >= 0.6 is 0 Å². The Kier molecular flexibility index (Phi) is 6.64. The summed E-state index contributed by atoms with van der Waals surface area (Å²) in [5, 5.41) is 5.29. The van der Waals surface area contributed by atoms with Gasteiger partial charge in [-0.2, -0.15) is 0 Å². The van der Waals surface area contributed by atoms with E-state index in [1.165, 1.54) is 18.5 Å². The summed E-state index contributed by atoms with van der Waals surface area (Å²) in [5.74, 6) is 0.107. The van der Waals surface area contributed by atoms with Gasteiger partial charge in [-0.1, -0.05) is 20.8 Å². The van der Waals surface area contributed by atoms with Gasteiger partial charge in [0.2, 0.25) is 0 Å². The molecule has 0 saturated carbocycles. The largest absolute Gasteiger partial charge is 0.372 e. The van der Waals surface area contributed by atoms with Crippen molar-refractivity contribution in [3.8, 4) is 0 Å². The van der Waals surface area contributed by atoms with Gasteiger partial charge < -0.3 is 15.5 Å². The van der Waals surface area contributed by atoms with Crippen LogP contribution in [0.1, 0.15) is 40.0 Å². The smallest absolute Gasteiger partial charge is 0.313 e.